The van der Waals surface area contributed by atoms with E-state index in [1.54, 1.807) is 14.0 Å². The zero-order chi connectivity index (χ0) is 13.5. The molecule has 1 rings (SSSR count). The van der Waals surface area contributed by atoms with Gasteiger partial charge in [-0.25, -0.2) is 9.59 Å². The molecule has 0 spiro atoms. The molecule has 0 saturated carbocycles. The van der Waals surface area contributed by atoms with Crippen molar-refractivity contribution in [2.75, 3.05) is 13.7 Å². The van der Waals surface area contributed by atoms with Crippen molar-refractivity contribution in [3.63, 3.8) is 0 Å². The van der Waals surface area contributed by atoms with E-state index in [0.717, 1.165) is 16.5 Å². The highest BCUT2D eigenvalue weighted by Crippen LogP contribution is 2.17. The first kappa shape index (κ1) is 14.2. The predicted octanol–water partition coefficient (Wildman–Crippen LogP) is 2.43. The highest BCUT2D eigenvalue weighted by atomic mass is 32.1. The Labute approximate surface area is 109 Å². The predicted molar refractivity (Wildman–Crippen MR) is 69.5 cm³/mol. The summed E-state index contributed by atoms with van der Waals surface area (Å²) < 4.78 is 4.86. The van der Waals surface area contributed by atoms with Crippen LogP contribution < -0.4 is 0 Å². The van der Waals surface area contributed by atoms with Crippen LogP contribution in [0.15, 0.2) is 17.5 Å². The third-order valence-electron chi connectivity index (χ3n) is 2.06. The van der Waals surface area contributed by atoms with Crippen molar-refractivity contribution in [3.8, 4) is 0 Å². The molecule has 1 aromatic rings. The number of nitrogens with zero attached hydrogens (tertiary/aromatic N) is 1. The molecule has 0 unspecified atom stereocenters. The molecule has 1 aromatic heterocycles. The SMILES string of the molecule is CCOC(=O)N(C)Cc1cc(/C=C/C(=O)O)cs1. The van der Waals surface area contributed by atoms with Gasteiger partial charge in [-0.05, 0) is 30.0 Å². The van der Waals surface area contributed by atoms with Crippen LogP contribution >= 0.6 is 11.3 Å². The minimum atomic E-state index is -0.980. The van der Waals surface area contributed by atoms with Crippen LogP contribution in [0.5, 0.6) is 0 Å². The number of hydrogen-bond donors (Lipinski definition) is 1. The van der Waals surface area contributed by atoms with Crippen molar-refractivity contribution in [1.82, 2.24) is 4.90 Å². The van der Waals surface area contributed by atoms with E-state index in [2.05, 4.69) is 0 Å². The molecule has 1 N–H and O–H groups in total. The minimum Gasteiger partial charge on any atom is -0.478 e. The number of rotatable bonds is 5. The fraction of sp³-hybridized carbons (Fsp3) is 0.333. The molecule has 6 heteroatoms. The van der Waals surface area contributed by atoms with Crippen molar-refractivity contribution in [1.29, 1.82) is 0 Å². The molecular weight excluding hydrogens is 254 g/mol. The van der Waals surface area contributed by atoms with Gasteiger partial charge >= 0.3 is 12.1 Å². The Morgan fingerprint density at radius 3 is 2.89 bits per heavy atom. The molecule has 1 heterocycles. The van der Waals surface area contributed by atoms with E-state index in [1.165, 1.54) is 22.3 Å². The van der Waals surface area contributed by atoms with Crippen LogP contribution in [0.1, 0.15) is 17.4 Å². The van der Waals surface area contributed by atoms with Crippen molar-refractivity contribution in [3.05, 3.63) is 28.0 Å². The second-order valence-electron chi connectivity index (χ2n) is 3.57. The average Bonchev–Trinajstić information content (AvgIpc) is 2.74. The Bertz CT molecular complexity index is 453. The first-order valence-electron chi connectivity index (χ1n) is 5.39. The van der Waals surface area contributed by atoms with Crippen LogP contribution in [-0.2, 0) is 16.1 Å². The average molecular weight is 269 g/mol. The minimum absolute atomic E-state index is 0.347. The number of hydrogen-bond acceptors (Lipinski definition) is 4. The number of ether oxygens (including phenoxy) is 1. The smallest absolute Gasteiger partial charge is 0.409 e. The maximum absolute atomic E-state index is 11.4. The Morgan fingerprint density at radius 1 is 1.56 bits per heavy atom. The number of carbonyl (C=O) groups excluding carboxylic acids is 1. The van der Waals surface area contributed by atoms with Crippen molar-refractivity contribution in [2.24, 2.45) is 0 Å². The zero-order valence-electron chi connectivity index (χ0n) is 10.3. The molecule has 0 aliphatic heterocycles. The molecule has 0 aliphatic rings. The van der Waals surface area contributed by atoms with Gasteiger partial charge in [0.15, 0.2) is 0 Å². The molecule has 0 fully saturated rings. The van der Waals surface area contributed by atoms with Gasteiger partial charge in [-0.2, -0.15) is 0 Å². The van der Waals surface area contributed by atoms with Crippen LogP contribution in [0.3, 0.4) is 0 Å². The van der Waals surface area contributed by atoms with Crippen LogP contribution in [-0.4, -0.2) is 35.7 Å². The number of carbonyl (C=O) groups is 2. The largest absolute Gasteiger partial charge is 0.478 e. The van der Waals surface area contributed by atoms with Crippen molar-refractivity contribution >= 4 is 29.5 Å². The van der Waals surface area contributed by atoms with Gasteiger partial charge in [-0.15, -0.1) is 11.3 Å². The first-order valence-corrected chi connectivity index (χ1v) is 6.27. The highest BCUT2D eigenvalue weighted by molar-refractivity contribution is 7.10. The summed E-state index contributed by atoms with van der Waals surface area (Å²) >= 11 is 1.47. The van der Waals surface area contributed by atoms with Crippen LogP contribution in [0.4, 0.5) is 4.79 Å². The number of carboxylic acid groups (broad SMARTS) is 1. The number of aliphatic carboxylic acids is 1. The van der Waals surface area contributed by atoms with Gasteiger partial charge in [0.25, 0.3) is 0 Å². The van der Waals surface area contributed by atoms with E-state index in [1.807, 2.05) is 11.4 Å². The fourth-order valence-electron chi connectivity index (χ4n) is 1.27. The van der Waals surface area contributed by atoms with Gasteiger partial charge in [-0.1, -0.05) is 0 Å². The third kappa shape index (κ3) is 4.58. The molecule has 1 amide bonds. The van der Waals surface area contributed by atoms with Crippen molar-refractivity contribution in [2.45, 2.75) is 13.5 Å². The van der Waals surface area contributed by atoms with E-state index < -0.39 is 5.97 Å². The lowest BCUT2D eigenvalue weighted by Gasteiger charge is -2.14. The van der Waals surface area contributed by atoms with E-state index in [9.17, 15) is 9.59 Å². The summed E-state index contributed by atoms with van der Waals surface area (Å²) in [5.74, 6) is -0.980. The molecule has 0 saturated heterocycles. The number of thiophene rings is 1. The normalized spacial score (nSPS) is 10.6. The second kappa shape index (κ2) is 6.80. The molecule has 0 aliphatic carbocycles. The Morgan fingerprint density at radius 2 is 2.28 bits per heavy atom. The lowest BCUT2D eigenvalue weighted by molar-refractivity contribution is -0.131. The van der Waals surface area contributed by atoms with Crippen molar-refractivity contribution < 1.29 is 19.4 Å². The molecule has 0 radical (unpaired) electrons. The molecule has 98 valence electrons. The van der Waals surface area contributed by atoms with Gasteiger partial charge in [0.2, 0.25) is 0 Å². The lowest BCUT2D eigenvalue weighted by Crippen LogP contribution is -2.26. The quantitative estimate of drug-likeness (QED) is 0.834. The van der Waals surface area contributed by atoms with Gasteiger partial charge in [0, 0.05) is 18.0 Å². The zero-order valence-corrected chi connectivity index (χ0v) is 11.1. The summed E-state index contributed by atoms with van der Waals surface area (Å²) in [5.41, 5.74) is 0.814. The topological polar surface area (TPSA) is 66.8 Å². The molecule has 0 atom stereocenters. The molecule has 0 aromatic carbocycles. The molecule has 5 nitrogen and oxygen atoms in total. The van der Waals surface area contributed by atoms with Crippen LogP contribution in [0.2, 0.25) is 0 Å². The van der Waals surface area contributed by atoms with Gasteiger partial charge < -0.3 is 14.7 Å². The first-order chi connectivity index (χ1) is 8.52. The summed E-state index contributed by atoms with van der Waals surface area (Å²) in [6.45, 7) is 2.55. The Balaban J connectivity index is 2.58. The third-order valence-corrected chi connectivity index (χ3v) is 3.00. The van der Waals surface area contributed by atoms with E-state index in [0.29, 0.717) is 13.2 Å². The highest BCUT2D eigenvalue weighted by Gasteiger charge is 2.10. The van der Waals surface area contributed by atoms with E-state index >= 15 is 0 Å². The van der Waals surface area contributed by atoms with Gasteiger partial charge in [0.05, 0.1) is 13.2 Å². The molecule has 18 heavy (non-hydrogen) atoms. The monoisotopic (exact) mass is 269 g/mol. The standard InChI is InChI=1S/C12H15NO4S/c1-3-17-12(16)13(2)7-10-6-9(8-18-10)4-5-11(14)15/h4-6,8H,3,7H2,1-2H3,(H,14,15)/b5-4+. The maximum Gasteiger partial charge on any atom is 0.409 e. The van der Waals surface area contributed by atoms with Gasteiger partial charge in [-0.3, -0.25) is 0 Å². The fourth-order valence-corrected chi connectivity index (χ4v) is 2.17. The number of amides is 1. The molecular formula is C12H15NO4S. The summed E-state index contributed by atoms with van der Waals surface area (Å²) in [4.78, 5) is 24.2. The van der Waals surface area contributed by atoms with Gasteiger partial charge in [0.1, 0.15) is 0 Å². The summed E-state index contributed by atoms with van der Waals surface area (Å²) in [7, 11) is 1.66. The van der Waals surface area contributed by atoms with E-state index in [-0.39, 0.29) is 6.09 Å². The summed E-state index contributed by atoms with van der Waals surface area (Å²) in [5, 5.41) is 10.3. The van der Waals surface area contributed by atoms with Crippen LogP contribution in [0, 0.1) is 0 Å². The lowest BCUT2D eigenvalue weighted by atomic mass is 10.3. The van der Waals surface area contributed by atoms with E-state index in [4.69, 9.17) is 9.84 Å². The maximum atomic E-state index is 11.4. The van der Waals surface area contributed by atoms with Crippen LogP contribution in [0.25, 0.3) is 6.08 Å². The summed E-state index contributed by atoms with van der Waals surface area (Å²) in [6.07, 6.45) is 2.24. The number of carboxylic acids is 1. The Hall–Kier alpha value is -1.82. The summed E-state index contributed by atoms with van der Waals surface area (Å²) in [6, 6.07) is 1.85. The Kier molecular flexibility index (Phi) is 5.38. The second-order valence-corrected chi connectivity index (χ2v) is 4.57. The molecule has 0 bridgehead atoms.